The van der Waals surface area contributed by atoms with E-state index >= 15 is 0 Å². The SMILES string of the molecule is CNc1ccccc1C(=O)N[C@@H]1CCC[C@H](Nc2cc(C(F)(F)F)nc3ccc(C)cc23)C1. The first-order valence-electron chi connectivity index (χ1n) is 11.1. The number of halogens is 3. The van der Waals surface area contributed by atoms with Gasteiger partial charge in [-0.25, -0.2) is 4.98 Å². The van der Waals surface area contributed by atoms with E-state index in [2.05, 4.69) is 20.9 Å². The minimum atomic E-state index is -4.53. The second kappa shape index (κ2) is 9.29. The molecule has 0 radical (unpaired) electrons. The summed E-state index contributed by atoms with van der Waals surface area (Å²) in [6, 6.07) is 13.5. The third kappa shape index (κ3) is 5.21. The molecule has 0 spiro atoms. The molecule has 2 aromatic carbocycles. The zero-order valence-corrected chi connectivity index (χ0v) is 18.6. The maximum atomic E-state index is 13.4. The summed E-state index contributed by atoms with van der Waals surface area (Å²) < 4.78 is 40.3. The van der Waals surface area contributed by atoms with E-state index in [4.69, 9.17) is 0 Å². The highest BCUT2D eigenvalue weighted by Crippen LogP contribution is 2.34. The van der Waals surface area contributed by atoms with Gasteiger partial charge in [-0.15, -0.1) is 0 Å². The molecular formula is C25H27F3N4O. The number of pyridine rings is 1. The fourth-order valence-electron chi connectivity index (χ4n) is 4.44. The number of aromatic nitrogens is 1. The van der Waals surface area contributed by atoms with Crippen LogP contribution in [-0.2, 0) is 6.18 Å². The number of nitrogens with one attached hydrogen (secondary N) is 3. The summed E-state index contributed by atoms with van der Waals surface area (Å²) in [5.41, 5.74) is 2.09. The summed E-state index contributed by atoms with van der Waals surface area (Å²) in [7, 11) is 1.77. The number of aryl methyl sites for hydroxylation is 1. The van der Waals surface area contributed by atoms with Crippen molar-refractivity contribution in [1.29, 1.82) is 0 Å². The van der Waals surface area contributed by atoms with Gasteiger partial charge in [-0.3, -0.25) is 4.79 Å². The summed E-state index contributed by atoms with van der Waals surface area (Å²) >= 11 is 0. The molecule has 1 heterocycles. The quantitative estimate of drug-likeness (QED) is 0.457. The fourth-order valence-corrected chi connectivity index (χ4v) is 4.44. The lowest BCUT2D eigenvalue weighted by atomic mass is 9.90. The molecule has 1 saturated carbocycles. The van der Waals surface area contributed by atoms with Gasteiger partial charge in [0.2, 0.25) is 0 Å². The van der Waals surface area contributed by atoms with E-state index in [0.717, 1.165) is 36.6 Å². The zero-order valence-electron chi connectivity index (χ0n) is 18.6. The van der Waals surface area contributed by atoms with Crippen LogP contribution in [0.2, 0.25) is 0 Å². The Hall–Kier alpha value is -3.29. The highest BCUT2D eigenvalue weighted by Gasteiger charge is 2.34. The number of rotatable bonds is 5. The lowest BCUT2D eigenvalue weighted by Crippen LogP contribution is -2.42. The highest BCUT2D eigenvalue weighted by atomic mass is 19.4. The van der Waals surface area contributed by atoms with E-state index < -0.39 is 11.9 Å². The maximum absolute atomic E-state index is 13.4. The smallest absolute Gasteiger partial charge is 0.387 e. The summed E-state index contributed by atoms with van der Waals surface area (Å²) in [6.07, 6.45) is -1.39. The van der Waals surface area contributed by atoms with Gasteiger partial charge in [0.1, 0.15) is 5.69 Å². The number of nitrogens with zero attached hydrogens (tertiary/aromatic N) is 1. The van der Waals surface area contributed by atoms with Crippen LogP contribution >= 0.6 is 0 Å². The maximum Gasteiger partial charge on any atom is 0.433 e. The number of fused-ring (bicyclic) bond motifs is 1. The van der Waals surface area contributed by atoms with Crippen molar-refractivity contribution in [1.82, 2.24) is 10.3 Å². The summed E-state index contributed by atoms with van der Waals surface area (Å²) in [5.74, 6) is -0.157. The van der Waals surface area contributed by atoms with Gasteiger partial charge in [-0.2, -0.15) is 13.2 Å². The summed E-state index contributed by atoms with van der Waals surface area (Å²) in [6.45, 7) is 1.90. The Labute approximate surface area is 190 Å². The van der Waals surface area contributed by atoms with E-state index in [0.29, 0.717) is 28.6 Å². The number of anilines is 2. The first kappa shape index (κ1) is 22.9. The largest absolute Gasteiger partial charge is 0.433 e. The Kier molecular flexibility index (Phi) is 6.44. The van der Waals surface area contributed by atoms with Gasteiger partial charge in [-0.05, 0) is 62.9 Å². The second-order valence-electron chi connectivity index (χ2n) is 8.55. The highest BCUT2D eigenvalue weighted by molar-refractivity contribution is 5.99. The Bertz CT molecular complexity index is 1160. The Balaban J connectivity index is 1.53. The van der Waals surface area contributed by atoms with Crippen LogP contribution in [0.3, 0.4) is 0 Å². The number of para-hydroxylation sites is 1. The standard InChI is InChI=1S/C25H27F3N4O/c1-15-10-11-21-19(12-15)22(14-23(32-21)25(26,27)28)30-16-6-5-7-17(13-16)31-24(33)18-8-3-4-9-20(18)29-2/h3-4,8-12,14,16-17,29H,5-7,13H2,1-2H3,(H,30,32)(H,31,33)/t16-,17+/m0/s1. The van der Waals surface area contributed by atoms with Gasteiger partial charge >= 0.3 is 6.18 Å². The molecule has 33 heavy (non-hydrogen) atoms. The van der Waals surface area contributed by atoms with Crippen molar-refractivity contribution in [3.05, 3.63) is 65.4 Å². The summed E-state index contributed by atoms with van der Waals surface area (Å²) in [4.78, 5) is 16.6. The van der Waals surface area contributed by atoms with Crippen molar-refractivity contribution in [2.75, 3.05) is 17.7 Å². The third-order valence-electron chi connectivity index (χ3n) is 6.06. The molecule has 2 atom stereocenters. The van der Waals surface area contributed by atoms with Gasteiger partial charge in [0.05, 0.1) is 11.1 Å². The van der Waals surface area contributed by atoms with Gasteiger partial charge in [-0.1, -0.05) is 23.8 Å². The lowest BCUT2D eigenvalue weighted by molar-refractivity contribution is -0.140. The predicted octanol–water partition coefficient (Wildman–Crippen LogP) is 5.76. The number of carbonyl (C=O) groups is 1. The van der Waals surface area contributed by atoms with E-state index in [9.17, 15) is 18.0 Å². The van der Waals surface area contributed by atoms with Crippen LogP contribution < -0.4 is 16.0 Å². The monoisotopic (exact) mass is 456 g/mol. The van der Waals surface area contributed by atoms with Crippen LogP contribution in [0.15, 0.2) is 48.5 Å². The molecule has 1 aliphatic rings. The van der Waals surface area contributed by atoms with Crippen LogP contribution in [0.25, 0.3) is 10.9 Å². The predicted molar refractivity (Wildman–Crippen MR) is 125 cm³/mol. The topological polar surface area (TPSA) is 66.1 Å². The Morgan fingerprint density at radius 3 is 2.55 bits per heavy atom. The number of carbonyl (C=O) groups excluding carboxylic acids is 1. The van der Waals surface area contributed by atoms with E-state index in [1.165, 1.54) is 0 Å². The van der Waals surface area contributed by atoms with Crippen molar-refractivity contribution in [2.45, 2.75) is 50.9 Å². The molecule has 1 amide bonds. The van der Waals surface area contributed by atoms with Crippen molar-refractivity contribution in [3.63, 3.8) is 0 Å². The van der Waals surface area contributed by atoms with E-state index in [-0.39, 0.29) is 18.0 Å². The average Bonchev–Trinajstić information content (AvgIpc) is 2.78. The molecule has 3 aromatic rings. The summed E-state index contributed by atoms with van der Waals surface area (Å²) in [5, 5.41) is 10.1. The van der Waals surface area contributed by atoms with Crippen LogP contribution in [0, 0.1) is 6.92 Å². The Morgan fingerprint density at radius 2 is 1.79 bits per heavy atom. The molecular weight excluding hydrogens is 429 g/mol. The van der Waals surface area contributed by atoms with Gasteiger partial charge < -0.3 is 16.0 Å². The fraction of sp³-hybridized carbons (Fsp3) is 0.360. The van der Waals surface area contributed by atoms with Crippen LogP contribution in [-0.4, -0.2) is 30.0 Å². The number of hydrogen-bond donors (Lipinski definition) is 3. The molecule has 1 aliphatic carbocycles. The van der Waals surface area contributed by atoms with Crippen LogP contribution in [0.1, 0.15) is 47.3 Å². The molecule has 0 bridgehead atoms. The third-order valence-corrected chi connectivity index (χ3v) is 6.06. The molecule has 0 unspecified atom stereocenters. The lowest BCUT2D eigenvalue weighted by Gasteiger charge is -2.31. The van der Waals surface area contributed by atoms with Gasteiger partial charge in [0.15, 0.2) is 0 Å². The Morgan fingerprint density at radius 1 is 1.03 bits per heavy atom. The number of benzene rings is 2. The normalized spacial score (nSPS) is 18.7. The van der Waals surface area contributed by atoms with Gasteiger partial charge in [0, 0.05) is 35.9 Å². The zero-order chi connectivity index (χ0) is 23.6. The molecule has 3 N–H and O–H groups in total. The van der Waals surface area contributed by atoms with Crippen molar-refractivity contribution >= 4 is 28.2 Å². The van der Waals surface area contributed by atoms with Gasteiger partial charge in [0.25, 0.3) is 5.91 Å². The molecule has 5 nitrogen and oxygen atoms in total. The molecule has 1 aromatic heterocycles. The second-order valence-corrected chi connectivity index (χ2v) is 8.55. The molecule has 1 fully saturated rings. The first-order chi connectivity index (χ1) is 15.7. The number of alkyl halides is 3. The number of hydrogen-bond acceptors (Lipinski definition) is 4. The first-order valence-corrected chi connectivity index (χ1v) is 11.1. The van der Waals surface area contributed by atoms with Crippen LogP contribution in [0.4, 0.5) is 24.5 Å². The van der Waals surface area contributed by atoms with Crippen LogP contribution in [0.5, 0.6) is 0 Å². The number of amides is 1. The molecule has 174 valence electrons. The molecule has 4 rings (SSSR count). The average molecular weight is 457 g/mol. The van der Waals surface area contributed by atoms with Crippen molar-refractivity contribution in [3.8, 4) is 0 Å². The molecule has 8 heteroatoms. The van der Waals surface area contributed by atoms with E-state index in [1.807, 2.05) is 31.2 Å². The minimum absolute atomic E-state index is 0.0595. The van der Waals surface area contributed by atoms with Crippen molar-refractivity contribution < 1.29 is 18.0 Å². The van der Waals surface area contributed by atoms with Crippen molar-refractivity contribution in [2.24, 2.45) is 0 Å². The molecule has 0 aliphatic heterocycles. The van der Waals surface area contributed by atoms with E-state index in [1.54, 1.807) is 25.2 Å². The molecule has 0 saturated heterocycles. The minimum Gasteiger partial charge on any atom is -0.387 e.